The number of fused-ring (bicyclic) bond motifs is 1. The molecular formula is C23H20FNO5. The van der Waals surface area contributed by atoms with Crippen LogP contribution in [0.1, 0.15) is 23.1 Å². The van der Waals surface area contributed by atoms with E-state index in [0.717, 1.165) is 11.1 Å². The second kappa shape index (κ2) is 7.74. The molecular weight excluding hydrogens is 389 g/mol. The van der Waals surface area contributed by atoms with Gasteiger partial charge in [-0.3, -0.25) is 9.59 Å². The lowest BCUT2D eigenvalue weighted by atomic mass is 10.0. The number of carbonyl (C=O) groups is 2. The Balaban J connectivity index is 1.51. The quantitative estimate of drug-likeness (QED) is 0.486. The highest BCUT2D eigenvalue weighted by atomic mass is 19.1. The molecule has 0 unspecified atom stereocenters. The molecule has 1 saturated heterocycles. The lowest BCUT2D eigenvalue weighted by Crippen LogP contribution is -2.27. The van der Waals surface area contributed by atoms with Crippen LogP contribution in [0.25, 0.3) is 11.0 Å². The number of carbonyl (C=O) groups excluding carboxylic acids is 2. The number of hydrogen-bond donors (Lipinski definition) is 0. The van der Waals surface area contributed by atoms with Crippen molar-refractivity contribution in [2.75, 3.05) is 11.4 Å². The summed E-state index contributed by atoms with van der Waals surface area (Å²) in [7, 11) is 0. The van der Waals surface area contributed by atoms with E-state index in [9.17, 15) is 18.8 Å². The number of esters is 1. The van der Waals surface area contributed by atoms with Crippen molar-refractivity contribution in [3.05, 3.63) is 75.4 Å². The van der Waals surface area contributed by atoms with Crippen LogP contribution in [0.5, 0.6) is 0 Å². The molecule has 3 aromatic rings. The first-order chi connectivity index (χ1) is 14.3. The summed E-state index contributed by atoms with van der Waals surface area (Å²) in [5.41, 5.74) is 2.59. The largest absolute Gasteiger partial charge is 0.461 e. The average Bonchev–Trinajstić information content (AvgIpc) is 3.09. The van der Waals surface area contributed by atoms with Gasteiger partial charge in [0.05, 0.1) is 11.6 Å². The summed E-state index contributed by atoms with van der Waals surface area (Å²) in [5, 5.41) is 0.695. The Morgan fingerprint density at radius 2 is 1.90 bits per heavy atom. The second-order valence-electron chi connectivity index (χ2n) is 7.49. The number of para-hydroxylation sites is 1. The molecule has 2 aromatic carbocycles. The van der Waals surface area contributed by atoms with E-state index in [-0.39, 0.29) is 31.2 Å². The molecule has 1 atom stereocenters. The van der Waals surface area contributed by atoms with Crippen LogP contribution in [-0.4, -0.2) is 18.4 Å². The Morgan fingerprint density at radius 3 is 2.67 bits per heavy atom. The molecule has 7 heteroatoms. The van der Waals surface area contributed by atoms with Gasteiger partial charge in [-0.1, -0.05) is 12.1 Å². The third-order valence-corrected chi connectivity index (χ3v) is 5.42. The fraction of sp³-hybridized carbons (Fsp3) is 0.261. The second-order valence-corrected chi connectivity index (χ2v) is 7.49. The summed E-state index contributed by atoms with van der Waals surface area (Å²) in [6.07, 6.45) is -0.0524. The van der Waals surface area contributed by atoms with Crippen molar-refractivity contribution >= 4 is 28.5 Å². The summed E-state index contributed by atoms with van der Waals surface area (Å²) in [6.45, 7) is 3.79. The number of nitrogens with zero attached hydrogens (tertiary/aromatic N) is 1. The summed E-state index contributed by atoms with van der Waals surface area (Å²) < 4.78 is 24.7. The van der Waals surface area contributed by atoms with E-state index >= 15 is 0 Å². The van der Waals surface area contributed by atoms with Crippen LogP contribution in [0.3, 0.4) is 0 Å². The van der Waals surface area contributed by atoms with E-state index in [1.54, 1.807) is 12.1 Å². The van der Waals surface area contributed by atoms with Gasteiger partial charge in [-0.15, -0.1) is 0 Å². The van der Waals surface area contributed by atoms with E-state index in [1.165, 1.54) is 29.2 Å². The predicted octanol–water partition coefficient (Wildman–Crippen LogP) is 3.65. The fourth-order valence-corrected chi connectivity index (χ4v) is 3.64. The minimum atomic E-state index is -0.701. The number of aryl methyl sites for hydroxylation is 2. The van der Waals surface area contributed by atoms with Gasteiger partial charge in [-0.2, -0.15) is 0 Å². The van der Waals surface area contributed by atoms with Crippen molar-refractivity contribution in [1.29, 1.82) is 0 Å². The average molecular weight is 409 g/mol. The van der Waals surface area contributed by atoms with Crippen molar-refractivity contribution in [1.82, 2.24) is 0 Å². The highest BCUT2D eigenvalue weighted by Gasteiger charge is 2.37. The van der Waals surface area contributed by atoms with Crippen LogP contribution in [0, 0.1) is 25.6 Å². The SMILES string of the molecule is Cc1cc2oc(=O)cc(COC(=O)[C@@H]3CC(=O)N(c4ccccc4F)C3)c2cc1C. The van der Waals surface area contributed by atoms with Gasteiger partial charge in [0.2, 0.25) is 5.91 Å². The molecule has 1 fully saturated rings. The minimum Gasteiger partial charge on any atom is -0.461 e. The van der Waals surface area contributed by atoms with Gasteiger partial charge in [0.1, 0.15) is 18.0 Å². The van der Waals surface area contributed by atoms with Crippen LogP contribution in [0.15, 0.2) is 51.7 Å². The zero-order valence-electron chi connectivity index (χ0n) is 16.6. The first-order valence-electron chi connectivity index (χ1n) is 9.59. The number of anilines is 1. The van der Waals surface area contributed by atoms with Crippen molar-refractivity contribution in [2.45, 2.75) is 26.9 Å². The Labute approximate surface area is 171 Å². The highest BCUT2D eigenvalue weighted by molar-refractivity contribution is 5.99. The molecule has 0 saturated carbocycles. The summed E-state index contributed by atoms with van der Waals surface area (Å²) in [5.74, 6) is -2.12. The van der Waals surface area contributed by atoms with Gasteiger partial charge in [0, 0.05) is 30.0 Å². The summed E-state index contributed by atoms with van der Waals surface area (Å²) in [4.78, 5) is 38.0. The normalized spacial score (nSPS) is 16.3. The maximum absolute atomic E-state index is 14.0. The molecule has 4 rings (SSSR count). The molecule has 1 amide bonds. The van der Waals surface area contributed by atoms with Crippen LogP contribution in [-0.2, 0) is 20.9 Å². The van der Waals surface area contributed by atoms with Crippen molar-refractivity contribution in [2.24, 2.45) is 5.92 Å². The molecule has 0 spiro atoms. The van der Waals surface area contributed by atoms with Crippen molar-refractivity contribution in [3.63, 3.8) is 0 Å². The zero-order valence-corrected chi connectivity index (χ0v) is 16.6. The lowest BCUT2D eigenvalue weighted by molar-refractivity contribution is -0.149. The van der Waals surface area contributed by atoms with Gasteiger partial charge in [-0.25, -0.2) is 9.18 Å². The smallest absolute Gasteiger partial charge is 0.336 e. The number of benzene rings is 2. The predicted molar refractivity (Wildman–Crippen MR) is 109 cm³/mol. The van der Waals surface area contributed by atoms with E-state index in [2.05, 4.69) is 0 Å². The monoisotopic (exact) mass is 409 g/mol. The first kappa shape index (κ1) is 19.8. The van der Waals surface area contributed by atoms with Crippen molar-refractivity contribution < 1.29 is 23.1 Å². The Bertz CT molecular complexity index is 1220. The van der Waals surface area contributed by atoms with E-state index in [0.29, 0.717) is 16.5 Å². The van der Waals surface area contributed by atoms with Gasteiger partial charge >= 0.3 is 11.6 Å². The topological polar surface area (TPSA) is 76.8 Å². The van der Waals surface area contributed by atoms with Gasteiger partial charge in [0.15, 0.2) is 0 Å². The van der Waals surface area contributed by atoms with Crippen LogP contribution < -0.4 is 10.5 Å². The molecule has 2 heterocycles. The highest BCUT2D eigenvalue weighted by Crippen LogP contribution is 2.28. The minimum absolute atomic E-state index is 0.0502. The summed E-state index contributed by atoms with van der Waals surface area (Å²) >= 11 is 0. The molecule has 1 aromatic heterocycles. The molecule has 0 radical (unpaired) electrons. The third-order valence-electron chi connectivity index (χ3n) is 5.42. The van der Waals surface area contributed by atoms with Crippen LogP contribution in [0.2, 0.25) is 0 Å². The maximum atomic E-state index is 14.0. The molecule has 1 aliphatic heterocycles. The van der Waals surface area contributed by atoms with Gasteiger partial charge in [0.25, 0.3) is 0 Å². The molecule has 0 bridgehead atoms. The standard InChI is InChI=1S/C23H20FNO5/c1-13-7-17-16(10-22(27)30-20(17)8-14(13)2)12-29-23(28)15-9-21(26)25(11-15)19-6-4-3-5-18(19)24/h3-8,10,15H,9,11-12H2,1-2H3/t15-/m1/s1. The number of amides is 1. The Morgan fingerprint density at radius 1 is 1.17 bits per heavy atom. The van der Waals surface area contributed by atoms with Crippen LogP contribution >= 0.6 is 0 Å². The fourth-order valence-electron chi connectivity index (χ4n) is 3.64. The number of hydrogen-bond acceptors (Lipinski definition) is 5. The van der Waals surface area contributed by atoms with E-state index < -0.39 is 23.3 Å². The molecule has 0 N–H and O–H groups in total. The molecule has 0 aliphatic carbocycles. The molecule has 30 heavy (non-hydrogen) atoms. The lowest BCUT2D eigenvalue weighted by Gasteiger charge is -2.17. The Hall–Kier alpha value is -3.48. The first-order valence-corrected chi connectivity index (χ1v) is 9.59. The van der Waals surface area contributed by atoms with Crippen molar-refractivity contribution in [3.8, 4) is 0 Å². The Kier molecular flexibility index (Phi) is 5.11. The number of rotatable bonds is 4. The number of ether oxygens (including phenoxy) is 1. The zero-order chi connectivity index (χ0) is 21.4. The van der Waals surface area contributed by atoms with Gasteiger partial charge < -0.3 is 14.1 Å². The molecule has 154 valence electrons. The van der Waals surface area contributed by atoms with Crippen LogP contribution in [0.4, 0.5) is 10.1 Å². The number of halogens is 1. The van der Waals surface area contributed by atoms with E-state index in [1.807, 2.05) is 19.9 Å². The third kappa shape index (κ3) is 3.70. The summed E-state index contributed by atoms with van der Waals surface area (Å²) in [6, 6.07) is 10.9. The van der Waals surface area contributed by atoms with Gasteiger partial charge in [-0.05, 0) is 49.2 Å². The molecule has 1 aliphatic rings. The van der Waals surface area contributed by atoms with E-state index in [4.69, 9.17) is 9.15 Å². The molecule has 6 nitrogen and oxygen atoms in total. The maximum Gasteiger partial charge on any atom is 0.336 e.